The zero-order chi connectivity index (χ0) is 18.6. The lowest BCUT2D eigenvalue weighted by Crippen LogP contribution is -2.37. The number of hydrogen-bond acceptors (Lipinski definition) is 6. The van der Waals surface area contributed by atoms with Crippen molar-refractivity contribution >= 4 is 27.8 Å². The number of likely N-dealkylation sites (tertiary alicyclic amines) is 1. The Labute approximate surface area is 141 Å². The highest BCUT2D eigenvalue weighted by molar-refractivity contribution is 7.89. The van der Waals surface area contributed by atoms with E-state index in [2.05, 4.69) is 4.74 Å². The number of nitrogens with zero attached hydrogens (tertiary/aromatic N) is 1. The third-order valence-electron chi connectivity index (χ3n) is 3.33. The lowest BCUT2D eigenvalue weighted by Gasteiger charge is -2.13. The highest BCUT2D eigenvalue weighted by atomic mass is 32.2. The van der Waals surface area contributed by atoms with Gasteiger partial charge < -0.3 is 4.74 Å². The van der Waals surface area contributed by atoms with Gasteiger partial charge in [0.2, 0.25) is 15.9 Å². The van der Waals surface area contributed by atoms with Crippen molar-refractivity contribution in [1.29, 1.82) is 0 Å². The molecule has 1 aromatic carbocycles. The molecule has 1 saturated heterocycles. The Morgan fingerprint density at radius 3 is 2.44 bits per heavy atom. The van der Waals surface area contributed by atoms with Gasteiger partial charge in [0.15, 0.2) is 11.5 Å². The molecule has 1 N–H and O–H groups in total. The van der Waals surface area contributed by atoms with Gasteiger partial charge in [0.1, 0.15) is 18.2 Å². The number of esters is 1. The molecule has 1 fully saturated rings. The third-order valence-corrected chi connectivity index (χ3v) is 4.78. The van der Waals surface area contributed by atoms with Crippen LogP contribution in [0.1, 0.15) is 12.8 Å². The number of carbonyl (C=O) groups excluding carboxylic acids is 3. The highest BCUT2D eigenvalue weighted by Gasteiger charge is 2.28. The van der Waals surface area contributed by atoms with Gasteiger partial charge in [-0.1, -0.05) is 6.07 Å². The molecular formula is C14H14F2N2O6S. The van der Waals surface area contributed by atoms with E-state index in [4.69, 9.17) is 0 Å². The van der Waals surface area contributed by atoms with E-state index in [9.17, 15) is 31.6 Å². The van der Waals surface area contributed by atoms with E-state index in [-0.39, 0.29) is 18.9 Å². The molecule has 0 spiro atoms. The molecule has 0 radical (unpaired) electrons. The van der Waals surface area contributed by atoms with Gasteiger partial charge in [-0.2, -0.15) is 4.72 Å². The maximum absolute atomic E-state index is 13.5. The van der Waals surface area contributed by atoms with Crippen LogP contribution in [0.5, 0.6) is 0 Å². The number of ether oxygens (including phenoxy) is 1. The predicted molar refractivity (Wildman–Crippen MR) is 78.5 cm³/mol. The summed E-state index contributed by atoms with van der Waals surface area (Å²) in [5.41, 5.74) is 0. The summed E-state index contributed by atoms with van der Waals surface area (Å²) < 4.78 is 56.9. The van der Waals surface area contributed by atoms with Crippen molar-refractivity contribution in [3.63, 3.8) is 0 Å². The summed E-state index contributed by atoms with van der Waals surface area (Å²) in [6.07, 6.45) is 0.750. The maximum atomic E-state index is 13.5. The van der Waals surface area contributed by atoms with E-state index in [1.165, 1.54) is 0 Å². The van der Waals surface area contributed by atoms with Gasteiger partial charge in [-0.05, 0) is 18.6 Å². The molecule has 0 unspecified atom stereocenters. The molecule has 0 aromatic heterocycles. The number of amides is 2. The maximum Gasteiger partial charge on any atom is 0.321 e. The second-order valence-corrected chi connectivity index (χ2v) is 6.78. The molecule has 0 saturated carbocycles. The summed E-state index contributed by atoms with van der Waals surface area (Å²) in [6, 6.07) is 2.49. The molecule has 2 amide bonds. The monoisotopic (exact) mass is 376 g/mol. The number of carbonyl (C=O) groups is 3. The molecular weight excluding hydrogens is 362 g/mol. The van der Waals surface area contributed by atoms with E-state index < -0.39 is 51.6 Å². The van der Waals surface area contributed by atoms with Crippen LogP contribution in [0.3, 0.4) is 0 Å². The first-order valence-electron chi connectivity index (χ1n) is 7.15. The SMILES string of the molecule is O=C(CNS(=O)(=O)c1c(F)cccc1F)OCC(=O)N1CCCC1=O. The number of halogens is 2. The van der Waals surface area contributed by atoms with Crippen LogP contribution in [0.2, 0.25) is 0 Å². The van der Waals surface area contributed by atoms with Gasteiger partial charge >= 0.3 is 5.97 Å². The molecule has 11 heteroatoms. The zero-order valence-corrected chi connectivity index (χ0v) is 13.6. The van der Waals surface area contributed by atoms with Gasteiger partial charge in [-0.15, -0.1) is 0 Å². The molecule has 136 valence electrons. The van der Waals surface area contributed by atoms with Crippen molar-refractivity contribution in [1.82, 2.24) is 9.62 Å². The summed E-state index contributed by atoms with van der Waals surface area (Å²) in [7, 11) is -4.63. The first-order chi connectivity index (χ1) is 11.7. The third kappa shape index (κ3) is 4.57. The summed E-state index contributed by atoms with van der Waals surface area (Å²) >= 11 is 0. The minimum absolute atomic E-state index is 0.230. The predicted octanol–water partition coefficient (Wildman–Crippen LogP) is -0.0647. The molecule has 1 aliphatic rings. The number of imide groups is 1. The molecule has 0 bridgehead atoms. The van der Waals surface area contributed by atoms with E-state index >= 15 is 0 Å². The number of rotatable bonds is 6. The lowest BCUT2D eigenvalue weighted by atomic mass is 10.3. The zero-order valence-electron chi connectivity index (χ0n) is 12.8. The fourth-order valence-corrected chi connectivity index (χ4v) is 3.25. The Bertz CT molecular complexity index is 791. The van der Waals surface area contributed by atoms with Crippen LogP contribution in [-0.4, -0.2) is 50.8 Å². The fraction of sp³-hybridized carbons (Fsp3) is 0.357. The Morgan fingerprint density at radius 2 is 1.88 bits per heavy atom. The fourth-order valence-electron chi connectivity index (χ4n) is 2.15. The van der Waals surface area contributed by atoms with Crippen molar-refractivity contribution in [2.45, 2.75) is 17.7 Å². The molecule has 8 nitrogen and oxygen atoms in total. The first-order valence-corrected chi connectivity index (χ1v) is 8.63. The smallest absolute Gasteiger partial charge is 0.321 e. The number of benzene rings is 1. The Balaban J connectivity index is 1.89. The van der Waals surface area contributed by atoms with Gasteiger partial charge in [0.05, 0.1) is 0 Å². The normalized spacial score (nSPS) is 14.6. The van der Waals surface area contributed by atoms with Crippen molar-refractivity contribution < 1.29 is 36.3 Å². The number of nitrogens with one attached hydrogen (secondary N) is 1. The van der Waals surface area contributed by atoms with Crippen molar-refractivity contribution in [3.8, 4) is 0 Å². The Kier molecular flexibility index (Phi) is 5.80. The van der Waals surface area contributed by atoms with E-state index in [1.807, 2.05) is 0 Å². The van der Waals surface area contributed by atoms with E-state index in [1.54, 1.807) is 4.72 Å². The Hall–Kier alpha value is -2.40. The first kappa shape index (κ1) is 18.9. The van der Waals surface area contributed by atoms with Gasteiger partial charge in [0, 0.05) is 13.0 Å². The van der Waals surface area contributed by atoms with Crippen LogP contribution in [0, 0.1) is 11.6 Å². The summed E-state index contributed by atoms with van der Waals surface area (Å²) in [5.74, 6) is -4.87. The van der Waals surface area contributed by atoms with Crippen molar-refractivity contribution in [2.75, 3.05) is 19.7 Å². The van der Waals surface area contributed by atoms with Gasteiger partial charge in [0.25, 0.3) is 5.91 Å². The van der Waals surface area contributed by atoms with Crippen LogP contribution in [0.25, 0.3) is 0 Å². The molecule has 2 rings (SSSR count). The van der Waals surface area contributed by atoms with Gasteiger partial charge in [-0.3, -0.25) is 19.3 Å². The topological polar surface area (TPSA) is 110 Å². The quantitative estimate of drug-likeness (QED) is 0.697. The second-order valence-electron chi connectivity index (χ2n) is 5.08. The minimum atomic E-state index is -4.63. The van der Waals surface area contributed by atoms with Crippen LogP contribution in [0.15, 0.2) is 23.1 Å². The van der Waals surface area contributed by atoms with Crippen LogP contribution in [-0.2, 0) is 29.1 Å². The molecule has 1 aromatic rings. The van der Waals surface area contributed by atoms with Crippen LogP contribution >= 0.6 is 0 Å². The Morgan fingerprint density at radius 1 is 1.24 bits per heavy atom. The minimum Gasteiger partial charge on any atom is -0.455 e. The van der Waals surface area contributed by atoms with Crippen molar-refractivity contribution in [3.05, 3.63) is 29.8 Å². The standard InChI is InChI=1S/C14H14F2N2O6S/c15-9-3-1-4-10(16)14(9)25(22,23)17-7-13(21)24-8-12(20)18-6-2-5-11(18)19/h1,3-4,17H,2,5-8H2. The second kappa shape index (κ2) is 7.66. The molecule has 0 atom stereocenters. The highest BCUT2D eigenvalue weighted by Crippen LogP contribution is 2.17. The summed E-state index contributed by atoms with van der Waals surface area (Å²) in [6.45, 7) is -1.44. The summed E-state index contributed by atoms with van der Waals surface area (Å²) in [4.78, 5) is 34.2. The molecule has 1 aliphatic heterocycles. The van der Waals surface area contributed by atoms with E-state index in [0.717, 1.165) is 23.1 Å². The van der Waals surface area contributed by atoms with Gasteiger partial charge in [-0.25, -0.2) is 17.2 Å². The lowest BCUT2D eigenvalue weighted by molar-refractivity contribution is -0.153. The molecule has 1 heterocycles. The average Bonchev–Trinajstić information content (AvgIpc) is 2.96. The largest absolute Gasteiger partial charge is 0.455 e. The van der Waals surface area contributed by atoms with Crippen LogP contribution < -0.4 is 4.72 Å². The number of sulfonamides is 1. The number of hydrogen-bond donors (Lipinski definition) is 1. The average molecular weight is 376 g/mol. The molecule has 0 aliphatic carbocycles. The van der Waals surface area contributed by atoms with Crippen molar-refractivity contribution in [2.24, 2.45) is 0 Å². The van der Waals surface area contributed by atoms with Crippen LogP contribution in [0.4, 0.5) is 8.78 Å². The summed E-state index contributed by atoms with van der Waals surface area (Å²) in [5, 5.41) is 0. The molecule has 25 heavy (non-hydrogen) atoms. The van der Waals surface area contributed by atoms with E-state index in [0.29, 0.717) is 6.42 Å².